The molecule has 7 heteroatoms. The van der Waals surface area contributed by atoms with Crippen molar-refractivity contribution in [2.24, 2.45) is 0 Å². The Bertz CT molecular complexity index is 798. The number of anilines is 1. The second kappa shape index (κ2) is 7.62. The van der Waals surface area contributed by atoms with Crippen LogP contribution < -0.4 is 11.1 Å². The largest absolute Gasteiger partial charge is 0.382 e. The van der Waals surface area contributed by atoms with Gasteiger partial charge in [0.2, 0.25) is 0 Å². The average molecular weight is 368 g/mol. The summed E-state index contributed by atoms with van der Waals surface area (Å²) in [5.41, 5.74) is 7.74. The molecule has 142 valence electrons. The number of hydrogen-bond donors (Lipinski definition) is 2. The summed E-state index contributed by atoms with van der Waals surface area (Å²) in [7, 11) is 0. The van der Waals surface area contributed by atoms with Gasteiger partial charge < -0.3 is 20.5 Å². The summed E-state index contributed by atoms with van der Waals surface area (Å²) in [5, 5.41) is 3.17. The molecule has 3 heterocycles. The number of carbonyl (C=O) groups excluding carboxylic acids is 1. The molecule has 1 spiro atoms. The molecule has 2 aliphatic rings. The summed E-state index contributed by atoms with van der Waals surface area (Å²) >= 11 is 0. The van der Waals surface area contributed by atoms with E-state index in [1.54, 1.807) is 18.3 Å². The summed E-state index contributed by atoms with van der Waals surface area (Å²) < 4.78 is 11.5. The van der Waals surface area contributed by atoms with Crippen molar-refractivity contribution < 1.29 is 14.3 Å². The standard InChI is InChI=1S/C20H24N4O3/c21-18-13-22-12-17(24-18)14-1-3-15(4-2-14)19(25)23-16-5-8-27-20(11-16)6-9-26-10-7-20/h1-4,12-13,16H,5-11H2,(H2,21,24)(H,23,25). The lowest BCUT2D eigenvalue weighted by molar-refractivity contribution is -0.139. The third-order valence-electron chi connectivity index (χ3n) is 5.33. The molecule has 0 bridgehead atoms. The fraction of sp³-hybridized carbons (Fsp3) is 0.450. The van der Waals surface area contributed by atoms with Crippen molar-refractivity contribution in [1.82, 2.24) is 15.3 Å². The Morgan fingerprint density at radius 2 is 1.93 bits per heavy atom. The van der Waals surface area contributed by atoms with Crippen molar-refractivity contribution in [2.75, 3.05) is 25.6 Å². The third-order valence-corrected chi connectivity index (χ3v) is 5.33. The number of nitrogen functional groups attached to an aromatic ring is 1. The summed E-state index contributed by atoms with van der Waals surface area (Å²) in [5.74, 6) is 0.310. The van der Waals surface area contributed by atoms with E-state index in [-0.39, 0.29) is 17.6 Å². The topological polar surface area (TPSA) is 99.4 Å². The molecule has 7 nitrogen and oxygen atoms in total. The molecule has 1 aromatic heterocycles. The van der Waals surface area contributed by atoms with Crippen molar-refractivity contribution in [3.63, 3.8) is 0 Å². The second-order valence-electron chi connectivity index (χ2n) is 7.21. The lowest BCUT2D eigenvalue weighted by Gasteiger charge is -2.43. The molecular weight excluding hydrogens is 344 g/mol. The number of hydrogen-bond acceptors (Lipinski definition) is 6. The highest BCUT2D eigenvalue weighted by Crippen LogP contribution is 2.34. The number of rotatable bonds is 3. The van der Waals surface area contributed by atoms with Crippen molar-refractivity contribution in [3.8, 4) is 11.3 Å². The van der Waals surface area contributed by atoms with Gasteiger partial charge >= 0.3 is 0 Å². The molecular formula is C20H24N4O3. The fourth-order valence-corrected chi connectivity index (χ4v) is 3.82. The Morgan fingerprint density at radius 1 is 1.15 bits per heavy atom. The van der Waals surface area contributed by atoms with Gasteiger partial charge in [-0.1, -0.05) is 12.1 Å². The maximum Gasteiger partial charge on any atom is 0.251 e. The normalized spacial score (nSPS) is 21.7. The van der Waals surface area contributed by atoms with Crippen LogP contribution in [0, 0.1) is 0 Å². The van der Waals surface area contributed by atoms with E-state index in [1.165, 1.54) is 6.20 Å². The van der Waals surface area contributed by atoms with Crippen LogP contribution in [0.5, 0.6) is 0 Å². The van der Waals surface area contributed by atoms with Crippen LogP contribution in [0.3, 0.4) is 0 Å². The maximum absolute atomic E-state index is 12.7. The van der Waals surface area contributed by atoms with E-state index < -0.39 is 0 Å². The van der Waals surface area contributed by atoms with Gasteiger partial charge in [-0.05, 0) is 37.8 Å². The molecule has 0 aliphatic carbocycles. The van der Waals surface area contributed by atoms with Crippen molar-refractivity contribution in [2.45, 2.75) is 37.3 Å². The van der Waals surface area contributed by atoms with Crippen molar-refractivity contribution in [1.29, 1.82) is 0 Å². The van der Waals surface area contributed by atoms with Gasteiger partial charge in [0, 0.05) is 37.0 Å². The number of benzene rings is 1. The van der Waals surface area contributed by atoms with E-state index in [4.69, 9.17) is 15.2 Å². The highest BCUT2D eigenvalue weighted by molar-refractivity contribution is 5.94. The Kier molecular flexibility index (Phi) is 5.05. The number of nitrogens with one attached hydrogen (secondary N) is 1. The lowest BCUT2D eigenvalue weighted by atomic mass is 9.84. The van der Waals surface area contributed by atoms with Gasteiger partial charge in [-0.2, -0.15) is 0 Å². The van der Waals surface area contributed by atoms with Gasteiger partial charge in [0.05, 0.1) is 23.7 Å². The van der Waals surface area contributed by atoms with Crippen LogP contribution in [0.2, 0.25) is 0 Å². The van der Waals surface area contributed by atoms with Crippen LogP contribution in [0.4, 0.5) is 5.82 Å². The fourth-order valence-electron chi connectivity index (χ4n) is 3.82. The van der Waals surface area contributed by atoms with Gasteiger partial charge in [0.25, 0.3) is 5.91 Å². The zero-order valence-electron chi connectivity index (χ0n) is 15.2. The van der Waals surface area contributed by atoms with Crippen LogP contribution in [0.15, 0.2) is 36.7 Å². The van der Waals surface area contributed by atoms with Crippen LogP contribution in [-0.4, -0.2) is 47.3 Å². The van der Waals surface area contributed by atoms with Gasteiger partial charge in [-0.3, -0.25) is 9.78 Å². The lowest BCUT2D eigenvalue weighted by Crippen LogP contribution is -2.51. The van der Waals surface area contributed by atoms with Crippen molar-refractivity contribution >= 4 is 11.7 Å². The number of nitrogens with zero attached hydrogens (tertiary/aromatic N) is 2. The molecule has 2 fully saturated rings. The summed E-state index contributed by atoms with van der Waals surface area (Å²) in [6.07, 6.45) is 6.64. The zero-order valence-corrected chi connectivity index (χ0v) is 15.2. The van der Waals surface area contributed by atoms with Crippen LogP contribution >= 0.6 is 0 Å². The number of aromatic nitrogens is 2. The first kappa shape index (κ1) is 17.9. The summed E-state index contributed by atoms with van der Waals surface area (Å²) in [6.45, 7) is 2.14. The molecule has 1 atom stereocenters. The van der Waals surface area contributed by atoms with Gasteiger partial charge in [-0.15, -0.1) is 0 Å². The highest BCUT2D eigenvalue weighted by atomic mass is 16.5. The van der Waals surface area contributed by atoms with E-state index in [2.05, 4.69) is 15.3 Å². The minimum absolute atomic E-state index is 0.0608. The predicted octanol–water partition coefficient (Wildman–Crippen LogP) is 2.18. The first-order valence-corrected chi connectivity index (χ1v) is 9.34. The first-order chi connectivity index (χ1) is 13.1. The minimum Gasteiger partial charge on any atom is -0.382 e. The Hall–Kier alpha value is -2.51. The van der Waals surface area contributed by atoms with Gasteiger partial charge in [0.1, 0.15) is 5.82 Å². The molecule has 2 aromatic rings. The van der Waals surface area contributed by atoms with E-state index in [0.29, 0.717) is 23.7 Å². The summed E-state index contributed by atoms with van der Waals surface area (Å²) in [6, 6.07) is 7.46. The number of ether oxygens (including phenoxy) is 2. The predicted molar refractivity (Wildman–Crippen MR) is 101 cm³/mol. The number of carbonyl (C=O) groups is 1. The Balaban J connectivity index is 1.41. The van der Waals surface area contributed by atoms with E-state index in [0.717, 1.165) is 44.5 Å². The van der Waals surface area contributed by atoms with Crippen LogP contribution in [-0.2, 0) is 9.47 Å². The Labute approximate surface area is 158 Å². The number of amides is 1. The Morgan fingerprint density at radius 3 is 2.67 bits per heavy atom. The molecule has 0 radical (unpaired) electrons. The maximum atomic E-state index is 12.7. The molecule has 27 heavy (non-hydrogen) atoms. The van der Waals surface area contributed by atoms with Crippen LogP contribution in [0.1, 0.15) is 36.0 Å². The first-order valence-electron chi connectivity index (χ1n) is 9.34. The quantitative estimate of drug-likeness (QED) is 0.861. The third kappa shape index (κ3) is 4.09. The smallest absolute Gasteiger partial charge is 0.251 e. The molecule has 1 amide bonds. The van der Waals surface area contributed by atoms with E-state index in [1.807, 2.05) is 12.1 Å². The van der Waals surface area contributed by atoms with Crippen molar-refractivity contribution in [3.05, 3.63) is 42.2 Å². The van der Waals surface area contributed by atoms with Crippen LogP contribution in [0.25, 0.3) is 11.3 Å². The molecule has 3 N–H and O–H groups in total. The van der Waals surface area contributed by atoms with Gasteiger partial charge in [0.15, 0.2) is 0 Å². The second-order valence-corrected chi connectivity index (χ2v) is 7.21. The molecule has 0 saturated carbocycles. The monoisotopic (exact) mass is 368 g/mol. The summed E-state index contributed by atoms with van der Waals surface area (Å²) in [4.78, 5) is 21.0. The molecule has 1 aromatic carbocycles. The molecule has 2 saturated heterocycles. The van der Waals surface area contributed by atoms with E-state index >= 15 is 0 Å². The SMILES string of the molecule is Nc1cncc(-c2ccc(C(=O)NC3CCOC4(CCOCC4)C3)cc2)n1. The number of nitrogens with two attached hydrogens (primary N) is 1. The van der Waals surface area contributed by atoms with Gasteiger partial charge in [-0.25, -0.2) is 4.98 Å². The molecule has 4 rings (SSSR count). The highest BCUT2D eigenvalue weighted by Gasteiger charge is 2.39. The molecule has 2 aliphatic heterocycles. The zero-order chi connectivity index (χ0) is 18.7. The molecule has 1 unspecified atom stereocenters. The average Bonchev–Trinajstić information content (AvgIpc) is 2.69. The van der Waals surface area contributed by atoms with E-state index in [9.17, 15) is 4.79 Å². The minimum atomic E-state index is -0.135.